The van der Waals surface area contributed by atoms with E-state index in [2.05, 4.69) is 5.32 Å². The monoisotopic (exact) mass is 237 g/mol. The van der Waals surface area contributed by atoms with Crippen LogP contribution in [0.25, 0.3) is 0 Å². The van der Waals surface area contributed by atoms with Crippen molar-refractivity contribution >= 4 is 5.91 Å². The van der Waals surface area contributed by atoms with Crippen LogP contribution in [0.4, 0.5) is 0 Å². The average Bonchev–Trinajstić information content (AvgIpc) is 2.35. The van der Waals surface area contributed by atoms with Gasteiger partial charge >= 0.3 is 0 Å². The van der Waals surface area contributed by atoms with E-state index >= 15 is 0 Å². The quantitative estimate of drug-likeness (QED) is 0.704. The number of hydrogen-bond donors (Lipinski definition) is 2. The van der Waals surface area contributed by atoms with E-state index in [9.17, 15) is 4.79 Å². The molecule has 1 aromatic carbocycles. The van der Waals surface area contributed by atoms with Crippen molar-refractivity contribution < 1.29 is 14.6 Å². The molecule has 0 fully saturated rings. The molecule has 0 aliphatic carbocycles. The largest absolute Gasteiger partial charge is 0.481 e. The van der Waals surface area contributed by atoms with E-state index in [1.54, 1.807) is 6.92 Å². The molecule has 1 atom stereocenters. The maximum atomic E-state index is 11.6. The number of para-hydroxylation sites is 1. The van der Waals surface area contributed by atoms with E-state index in [4.69, 9.17) is 9.84 Å². The molecule has 0 aliphatic rings. The third-order valence-corrected chi connectivity index (χ3v) is 2.31. The zero-order chi connectivity index (χ0) is 12.5. The first kappa shape index (κ1) is 13.5. The van der Waals surface area contributed by atoms with Gasteiger partial charge in [0.25, 0.3) is 5.91 Å². The molecular weight excluding hydrogens is 218 g/mol. The van der Waals surface area contributed by atoms with Gasteiger partial charge in [-0.25, -0.2) is 0 Å². The number of ether oxygens (including phenoxy) is 1. The molecule has 0 aliphatic heterocycles. The van der Waals surface area contributed by atoms with Crippen LogP contribution in [-0.4, -0.2) is 30.3 Å². The van der Waals surface area contributed by atoms with Crippen LogP contribution in [0.5, 0.6) is 5.75 Å². The second-order valence-electron chi connectivity index (χ2n) is 3.79. The summed E-state index contributed by atoms with van der Waals surface area (Å²) < 4.78 is 5.47. The van der Waals surface area contributed by atoms with Crippen molar-refractivity contribution in [3.05, 3.63) is 30.3 Å². The van der Waals surface area contributed by atoms with E-state index in [1.807, 2.05) is 30.3 Å². The number of aliphatic hydroxyl groups excluding tert-OH is 1. The molecule has 94 valence electrons. The van der Waals surface area contributed by atoms with Gasteiger partial charge in [-0.3, -0.25) is 4.79 Å². The second kappa shape index (κ2) is 7.68. The first-order valence-corrected chi connectivity index (χ1v) is 5.84. The van der Waals surface area contributed by atoms with Crippen molar-refractivity contribution in [3.8, 4) is 5.75 Å². The number of unbranched alkanes of at least 4 members (excludes halogenated alkanes) is 1. The lowest BCUT2D eigenvalue weighted by Gasteiger charge is -2.14. The molecule has 4 nitrogen and oxygen atoms in total. The predicted octanol–water partition coefficient (Wildman–Crippen LogP) is 1.34. The molecule has 0 saturated carbocycles. The normalized spacial score (nSPS) is 11.9. The Morgan fingerprint density at radius 3 is 2.71 bits per heavy atom. The summed E-state index contributed by atoms with van der Waals surface area (Å²) in [6, 6.07) is 9.25. The van der Waals surface area contributed by atoms with Crippen molar-refractivity contribution in [1.29, 1.82) is 0 Å². The Morgan fingerprint density at radius 1 is 1.35 bits per heavy atom. The highest BCUT2D eigenvalue weighted by molar-refractivity contribution is 5.80. The summed E-state index contributed by atoms with van der Waals surface area (Å²) in [4.78, 5) is 11.6. The minimum atomic E-state index is -0.508. The molecular formula is C13H19NO3. The first-order valence-electron chi connectivity index (χ1n) is 5.84. The van der Waals surface area contributed by atoms with Crippen LogP contribution in [0.1, 0.15) is 19.8 Å². The van der Waals surface area contributed by atoms with Gasteiger partial charge in [0.2, 0.25) is 0 Å². The molecule has 0 aromatic heterocycles. The molecule has 0 radical (unpaired) electrons. The summed E-state index contributed by atoms with van der Waals surface area (Å²) in [7, 11) is 0. The van der Waals surface area contributed by atoms with Gasteiger partial charge in [0.05, 0.1) is 0 Å². The van der Waals surface area contributed by atoms with E-state index < -0.39 is 6.10 Å². The highest BCUT2D eigenvalue weighted by Gasteiger charge is 2.13. The van der Waals surface area contributed by atoms with Crippen LogP contribution < -0.4 is 10.1 Å². The van der Waals surface area contributed by atoms with Crippen LogP contribution in [0.3, 0.4) is 0 Å². The van der Waals surface area contributed by atoms with Crippen LogP contribution >= 0.6 is 0 Å². The number of hydrogen-bond acceptors (Lipinski definition) is 3. The molecule has 1 rings (SSSR count). The van der Waals surface area contributed by atoms with Crippen LogP contribution in [0.2, 0.25) is 0 Å². The Labute approximate surface area is 102 Å². The van der Waals surface area contributed by atoms with Crippen molar-refractivity contribution in [2.24, 2.45) is 0 Å². The van der Waals surface area contributed by atoms with E-state index in [0.29, 0.717) is 18.7 Å². The first-order chi connectivity index (χ1) is 8.24. The number of rotatable bonds is 7. The zero-order valence-electron chi connectivity index (χ0n) is 10.1. The topological polar surface area (TPSA) is 58.6 Å². The van der Waals surface area contributed by atoms with Gasteiger partial charge < -0.3 is 15.2 Å². The summed E-state index contributed by atoms with van der Waals surface area (Å²) in [5.41, 5.74) is 0. The molecule has 0 spiro atoms. The van der Waals surface area contributed by atoms with Crippen molar-refractivity contribution in [1.82, 2.24) is 5.32 Å². The highest BCUT2D eigenvalue weighted by Crippen LogP contribution is 2.10. The number of benzene rings is 1. The van der Waals surface area contributed by atoms with Crippen LogP contribution in [-0.2, 0) is 4.79 Å². The number of nitrogens with one attached hydrogen (secondary N) is 1. The smallest absolute Gasteiger partial charge is 0.260 e. The summed E-state index contributed by atoms with van der Waals surface area (Å²) >= 11 is 0. The number of carbonyl (C=O) groups excluding carboxylic acids is 1. The lowest BCUT2D eigenvalue weighted by Crippen LogP contribution is -2.36. The van der Waals surface area contributed by atoms with Crippen LogP contribution in [0, 0.1) is 0 Å². The summed E-state index contributed by atoms with van der Waals surface area (Å²) in [6.45, 7) is 2.45. The summed E-state index contributed by atoms with van der Waals surface area (Å²) in [6.07, 6.45) is 0.973. The second-order valence-corrected chi connectivity index (χ2v) is 3.79. The fraction of sp³-hybridized carbons (Fsp3) is 0.462. The Bertz CT molecular complexity index is 327. The molecule has 0 heterocycles. The minimum Gasteiger partial charge on any atom is -0.481 e. The van der Waals surface area contributed by atoms with Gasteiger partial charge in [-0.2, -0.15) is 0 Å². The average molecular weight is 237 g/mol. The van der Waals surface area contributed by atoms with Gasteiger partial charge in [0, 0.05) is 13.2 Å². The van der Waals surface area contributed by atoms with Gasteiger partial charge in [0.15, 0.2) is 6.10 Å². The van der Waals surface area contributed by atoms with Crippen molar-refractivity contribution in [3.63, 3.8) is 0 Å². The van der Waals surface area contributed by atoms with E-state index in [0.717, 1.165) is 6.42 Å². The summed E-state index contributed by atoms with van der Waals surface area (Å²) in [5.74, 6) is 0.553. The maximum Gasteiger partial charge on any atom is 0.260 e. The zero-order valence-corrected chi connectivity index (χ0v) is 10.1. The molecule has 1 amide bonds. The Balaban J connectivity index is 2.27. The Kier molecular flexibility index (Phi) is 6.10. The maximum absolute atomic E-state index is 11.6. The molecule has 1 aromatic rings. The van der Waals surface area contributed by atoms with Gasteiger partial charge in [0.1, 0.15) is 5.75 Å². The summed E-state index contributed by atoms with van der Waals surface area (Å²) in [5, 5.41) is 11.4. The molecule has 4 heteroatoms. The van der Waals surface area contributed by atoms with Crippen molar-refractivity contribution in [2.45, 2.75) is 25.9 Å². The standard InChI is InChI=1S/C13H19NO3/c1-11(13(16)14-9-5-6-10-15)17-12-7-3-2-4-8-12/h2-4,7-8,11,15H,5-6,9-10H2,1H3,(H,14,16). The Hall–Kier alpha value is -1.55. The molecule has 0 saturated heterocycles. The van der Waals surface area contributed by atoms with E-state index in [1.165, 1.54) is 0 Å². The minimum absolute atomic E-state index is 0.133. The SMILES string of the molecule is CC(Oc1ccccc1)C(=O)NCCCCO. The lowest BCUT2D eigenvalue weighted by molar-refractivity contribution is -0.127. The number of carbonyl (C=O) groups is 1. The molecule has 0 bridgehead atoms. The number of amides is 1. The van der Waals surface area contributed by atoms with Crippen LogP contribution in [0.15, 0.2) is 30.3 Å². The van der Waals surface area contributed by atoms with Gasteiger partial charge in [-0.15, -0.1) is 0 Å². The highest BCUT2D eigenvalue weighted by atomic mass is 16.5. The predicted molar refractivity (Wildman–Crippen MR) is 65.9 cm³/mol. The fourth-order valence-corrected chi connectivity index (χ4v) is 1.35. The number of aliphatic hydroxyl groups is 1. The van der Waals surface area contributed by atoms with E-state index in [-0.39, 0.29) is 12.5 Å². The fourth-order valence-electron chi connectivity index (χ4n) is 1.35. The third kappa shape index (κ3) is 5.36. The molecule has 2 N–H and O–H groups in total. The lowest BCUT2D eigenvalue weighted by atomic mass is 10.3. The molecule has 1 unspecified atom stereocenters. The van der Waals surface area contributed by atoms with Gasteiger partial charge in [-0.1, -0.05) is 18.2 Å². The molecule has 17 heavy (non-hydrogen) atoms. The Morgan fingerprint density at radius 2 is 2.06 bits per heavy atom. The van der Waals surface area contributed by atoms with Crippen molar-refractivity contribution in [2.75, 3.05) is 13.2 Å². The third-order valence-electron chi connectivity index (χ3n) is 2.31. The van der Waals surface area contributed by atoms with Gasteiger partial charge in [-0.05, 0) is 31.9 Å².